The van der Waals surface area contributed by atoms with Crippen LogP contribution in [0.3, 0.4) is 0 Å². The highest BCUT2D eigenvalue weighted by Gasteiger charge is 2.33. The van der Waals surface area contributed by atoms with Crippen LogP contribution in [0.4, 0.5) is 23.7 Å². The van der Waals surface area contributed by atoms with Crippen LogP contribution in [0.1, 0.15) is 31.2 Å². The summed E-state index contributed by atoms with van der Waals surface area (Å²) in [7, 11) is 0. The number of carbonyl (C=O) groups is 1. The number of benzene rings is 1. The molecule has 1 fully saturated rings. The molecule has 1 saturated carbocycles. The molecule has 1 aliphatic rings. The van der Waals surface area contributed by atoms with Gasteiger partial charge in [0, 0.05) is 12.5 Å². The molecule has 2 rings (SSSR count). The molecule has 0 aromatic heterocycles. The lowest BCUT2D eigenvalue weighted by molar-refractivity contribution is -0.136. The Kier molecular flexibility index (Phi) is 5.28. The van der Waals surface area contributed by atoms with Crippen LogP contribution in [0.5, 0.6) is 0 Å². The largest absolute Gasteiger partial charge is 0.418 e. The Morgan fingerprint density at radius 3 is 2.59 bits per heavy atom. The van der Waals surface area contributed by atoms with Gasteiger partial charge in [-0.3, -0.25) is 0 Å². The number of urea groups is 1. The highest BCUT2D eigenvalue weighted by molar-refractivity contribution is 5.90. The van der Waals surface area contributed by atoms with Crippen molar-refractivity contribution in [3.05, 3.63) is 29.8 Å². The standard InChI is InChI=1S/C15H19F3N2O2/c16-15(17,18)11-6-2-3-7-12(11)20-14(22)19-9-10-5-1-4-8-13(10)21/h2-3,6-7,10,13,21H,1,4-5,8-9H2,(H2,19,20,22)/t10-,13+/m0/s1. The molecule has 0 saturated heterocycles. The van der Waals surface area contributed by atoms with Gasteiger partial charge in [-0.15, -0.1) is 0 Å². The van der Waals surface area contributed by atoms with E-state index in [4.69, 9.17) is 0 Å². The molecule has 122 valence electrons. The third kappa shape index (κ3) is 4.37. The quantitative estimate of drug-likeness (QED) is 0.800. The summed E-state index contributed by atoms with van der Waals surface area (Å²) in [5.41, 5.74) is -1.17. The van der Waals surface area contributed by atoms with E-state index >= 15 is 0 Å². The molecule has 0 radical (unpaired) electrons. The zero-order chi connectivity index (χ0) is 16.2. The number of rotatable bonds is 3. The average Bonchev–Trinajstić information content (AvgIpc) is 2.46. The van der Waals surface area contributed by atoms with Gasteiger partial charge in [0.25, 0.3) is 0 Å². The molecular weight excluding hydrogens is 297 g/mol. The molecule has 0 aliphatic heterocycles. The van der Waals surface area contributed by atoms with Gasteiger partial charge in [-0.1, -0.05) is 25.0 Å². The molecule has 0 unspecified atom stereocenters. The van der Waals surface area contributed by atoms with E-state index < -0.39 is 23.9 Å². The van der Waals surface area contributed by atoms with Gasteiger partial charge in [0.2, 0.25) is 0 Å². The van der Waals surface area contributed by atoms with Crippen molar-refractivity contribution in [1.82, 2.24) is 5.32 Å². The minimum Gasteiger partial charge on any atom is -0.393 e. The van der Waals surface area contributed by atoms with Crippen molar-refractivity contribution in [2.45, 2.75) is 38.0 Å². The second-order valence-corrected chi connectivity index (χ2v) is 5.49. The van der Waals surface area contributed by atoms with Crippen LogP contribution < -0.4 is 10.6 Å². The van der Waals surface area contributed by atoms with E-state index in [0.717, 1.165) is 25.3 Å². The molecule has 2 atom stereocenters. The Morgan fingerprint density at radius 2 is 1.91 bits per heavy atom. The summed E-state index contributed by atoms with van der Waals surface area (Å²) in [6, 6.07) is 4.12. The molecule has 0 heterocycles. The van der Waals surface area contributed by atoms with E-state index in [0.29, 0.717) is 6.42 Å². The smallest absolute Gasteiger partial charge is 0.393 e. The predicted molar refractivity (Wildman–Crippen MR) is 76.4 cm³/mol. The topological polar surface area (TPSA) is 61.4 Å². The second-order valence-electron chi connectivity index (χ2n) is 5.49. The monoisotopic (exact) mass is 316 g/mol. The van der Waals surface area contributed by atoms with Gasteiger partial charge >= 0.3 is 12.2 Å². The molecule has 1 aromatic carbocycles. The van der Waals surface area contributed by atoms with Gasteiger partial charge in [0.05, 0.1) is 17.4 Å². The summed E-state index contributed by atoms with van der Waals surface area (Å²) in [6.07, 6.45) is -1.53. The minimum absolute atomic E-state index is 0.0441. The fourth-order valence-corrected chi connectivity index (χ4v) is 2.66. The van der Waals surface area contributed by atoms with Crippen LogP contribution in [0.2, 0.25) is 0 Å². The summed E-state index contributed by atoms with van der Waals surface area (Å²) in [5.74, 6) is -0.0441. The minimum atomic E-state index is -4.52. The maximum Gasteiger partial charge on any atom is 0.418 e. The van der Waals surface area contributed by atoms with Crippen LogP contribution in [0.15, 0.2) is 24.3 Å². The third-order valence-corrected chi connectivity index (χ3v) is 3.87. The number of halogens is 3. The molecule has 22 heavy (non-hydrogen) atoms. The molecule has 1 aromatic rings. The Balaban J connectivity index is 1.92. The predicted octanol–water partition coefficient (Wildman–Crippen LogP) is 3.38. The van der Waals surface area contributed by atoms with Crippen molar-refractivity contribution in [3.63, 3.8) is 0 Å². The Labute approximate surface area is 126 Å². The Hall–Kier alpha value is -1.76. The van der Waals surface area contributed by atoms with Crippen molar-refractivity contribution in [3.8, 4) is 0 Å². The number of anilines is 1. The maximum atomic E-state index is 12.8. The number of hydrogen-bond donors (Lipinski definition) is 3. The fraction of sp³-hybridized carbons (Fsp3) is 0.533. The molecule has 1 aliphatic carbocycles. The third-order valence-electron chi connectivity index (χ3n) is 3.87. The summed E-state index contributed by atoms with van der Waals surface area (Å²) >= 11 is 0. The lowest BCUT2D eigenvalue weighted by atomic mass is 9.86. The van der Waals surface area contributed by atoms with Crippen molar-refractivity contribution in [2.24, 2.45) is 5.92 Å². The van der Waals surface area contributed by atoms with Crippen molar-refractivity contribution >= 4 is 11.7 Å². The number of nitrogens with one attached hydrogen (secondary N) is 2. The number of aliphatic hydroxyl groups is 1. The van der Waals surface area contributed by atoms with Crippen LogP contribution in [-0.4, -0.2) is 23.8 Å². The summed E-state index contributed by atoms with van der Waals surface area (Å²) in [6.45, 7) is 0.251. The van der Waals surface area contributed by atoms with Gasteiger partial charge in [0.15, 0.2) is 0 Å². The van der Waals surface area contributed by atoms with Gasteiger partial charge in [0.1, 0.15) is 0 Å². The van der Waals surface area contributed by atoms with Crippen LogP contribution in [0, 0.1) is 5.92 Å². The van der Waals surface area contributed by atoms with E-state index in [1.165, 1.54) is 18.2 Å². The molecule has 7 heteroatoms. The second kappa shape index (κ2) is 7.00. The van der Waals surface area contributed by atoms with E-state index in [1.807, 2.05) is 0 Å². The normalized spacial score (nSPS) is 22.2. The Bertz CT molecular complexity index is 520. The van der Waals surface area contributed by atoms with E-state index in [2.05, 4.69) is 10.6 Å². The van der Waals surface area contributed by atoms with Crippen LogP contribution in [0.25, 0.3) is 0 Å². The number of amides is 2. The van der Waals surface area contributed by atoms with E-state index in [-0.39, 0.29) is 18.2 Å². The number of alkyl halides is 3. The van der Waals surface area contributed by atoms with Crippen LogP contribution in [-0.2, 0) is 6.18 Å². The summed E-state index contributed by atoms with van der Waals surface area (Å²) in [5, 5.41) is 14.6. The number of carbonyl (C=O) groups excluding carboxylic acids is 1. The Morgan fingerprint density at radius 1 is 1.23 bits per heavy atom. The zero-order valence-corrected chi connectivity index (χ0v) is 12.0. The molecule has 2 amide bonds. The average molecular weight is 316 g/mol. The first-order valence-corrected chi connectivity index (χ1v) is 7.27. The maximum absolute atomic E-state index is 12.8. The highest BCUT2D eigenvalue weighted by Crippen LogP contribution is 2.34. The number of aliphatic hydroxyl groups excluding tert-OH is 1. The van der Waals surface area contributed by atoms with Crippen molar-refractivity contribution < 1.29 is 23.1 Å². The summed E-state index contributed by atoms with van der Waals surface area (Å²) in [4.78, 5) is 11.8. The fourth-order valence-electron chi connectivity index (χ4n) is 2.66. The van der Waals surface area contributed by atoms with Crippen LogP contribution >= 0.6 is 0 Å². The summed E-state index contributed by atoms with van der Waals surface area (Å²) < 4.78 is 38.5. The first-order chi connectivity index (χ1) is 10.4. The van der Waals surface area contributed by atoms with Crippen molar-refractivity contribution in [1.29, 1.82) is 0 Å². The zero-order valence-electron chi connectivity index (χ0n) is 12.0. The first kappa shape index (κ1) is 16.6. The molecule has 3 N–H and O–H groups in total. The molecule has 4 nitrogen and oxygen atoms in total. The molecule has 0 spiro atoms. The van der Waals surface area contributed by atoms with Gasteiger partial charge in [-0.05, 0) is 25.0 Å². The highest BCUT2D eigenvalue weighted by atomic mass is 19.4. The van der Waals surface area contributed by atoms with Gasteiger partial charge < -0.3 is 15.7 Å². The molecule has 0 bridgehead atoms. The lowest BCUT2D eigenvalue weighted by Gasteiger charge is -2.27. The first-order valence-electron chi connectivity index (χ1n) is 7.27. The van der Waals surface area contributed by atoms with Gasteiger partial charge in [-0.25, -0.2) is 4.79 Å². The van der Waals surface area contributed by atoms with Gasteiger partial charge in [-0.2, -0.15) is 13.2 Å². The van der Waals surface area contributed by atoms with E-state index in [1.54, 1.807) is 0 Å². The molecular formula is C15H19F3N2O2. The number of hydrogen-bond acceptors (Lipinski definition) is 2. The lowest BCUT2D eigenvalue weighted by Crippen LogP contribution is -2.38. The van der Waals surface area contributed by atoms with E-state index in [9.17, 15) is 23.1 Å². The van der Waals surface area contributed by atoms with Crippen molar-refractivity contribution in [2.75, 3.05) is 11.9 Å². The number of para-hydroxylation sites is 1. The SMILES string of the molecule is O=C(NC[C@@H]1CCCC[C@H]1O)Nc1ccccc1C(F)(F)F.